The van der Waals surface area contributed by atoms with Crippen LogP contribution in [0.1, 0.15) is 39.6 Å². The Morgan fingerprint density at radius 1 is 1.47 bits per heavy atom. The van der Waals surface area contributed by atoms with E-state index in [2.05, 4.69) is 28.3 Å². The Hall–Kier alpha value is -1.39. The van der Waals surface area contributed by atoms with E-state index < -0.39 is 0 Å². The van der Waals surface area contributed by atoms with Crippen molar-refractivity contribution in [1.29, 1.82) is 0 Å². The summed E-state index contributed by atoms with van der Waals surface area (Å²) >= 11 is 1.73. The maximum atomic E-state index is 12.3. The molecule has 1 atom stereocenters. The number of nitrogens with one attached hydrogen (secondary N) is 1. The maximum Gasteiger partial charge on any atom is 0.178 e. The van der Waals surface area contributed by atoms with Crippen LogP contribution in [0.2, 0.25) is 0 Å². The molecule has 0 fully saturated rings. The SMILES string of the molecule is Cc1cc(C(=O)CN(C)C(C)c2cccs2)c(C)[nH]1. The molecule has 0 spiro atoms. The molecule has 1 N–H and O–H groups in total. The van der Waals surface area contributed by atoms with Crippen LogP contribution in [0.15, 0.2) is 23.6 Å². The van der Waals surface area contributed by atoms with E-state index >= 15 is 0 Å². The third kappa shape index (κ3) is 3.14. The Labute approximate surface area is 118 Å². The second-order valence-corrected chi connectivity index (χ2v) is 6.00. The number of carbonyl (C=O) groups excluding carboxylic acids is 1. The molecule has 0 saturated carbocycles. The molecule has 19 heavy (non-hydrogen) atoms. The van der Waals surface area contributed by atoms with Gasteiger partial charge in [0, 0.05) is 27.9 Å². The number of hydrogen-bond donors (Lipinski definition) is 1. The lowest BCUT2D eigenvalue weighted by Crippen LogP contribution is -2.28. The standard InChI is InChI=1S/C15H20N2OS/c1-10-8-13(11(2)16-10)14(18)9-17(4)12(3)15-6-5-7-19-15/h5-8,12,16H,9H2,1-4H3. The number of aromatic nitrogens is 1. The molecule has 0 aliphatic heterocycles. The number of nitrogens with zero attached hydrogens (tertiary/aromatic N) is 1. The monoisotopic (exact) mass is 276 g/mol. The first-order chi connectivity index (χ1) is 8.99. The summed E-state index contributed by atoms with van der Waals surface area (Å²) in [7, 11) is 2.00. The van der Waals surface area contributed by atoms with E-state index in [-0.39, 0.29) is 11.8 Å². The number of aromatic amines is 1. The molecule has 1 unspecified atom stereocenters. The molecule has 4 heteroatoms. The number of carbonyl (C=O) groups is 1. The van der Waals surface area contributed by atoms with E-state index in [0.717, 1.165) is 17.0 Å². The zero-order valence-corrected chi connectivity index (χ0v) is 12.7. The van der Waals surface area contributed by atoms with Gasteiger partial charge in [-0.1, -0.05) is 6.07 Å². The Morgan fingerprint density at radius 2 is 2.21 bits per heavy atom. The Kier molecular flexibility index (Phi) is 4.22. The molecule has 0 radical (unpaired) electrons. The van der Waals surface area contributed by atoms with Gasteiger partial charge in [0.2, 0.25) is 0 Å². The largest absolute Gasteiger partial charge is 0.362 e. The van der Waals surface area contributed by atoms with Crippen LogP contribution in [0.3, 0.4) is 0 Å². The predicted octanol–water partition coefficient (Wildman–Crippen LogP) is 3.57. The first-order valence-corrected chi connectivity index (χ1v) is 7.30. The summed E-state index contributed by atoms with van der Waals surface area (Å²) in [5.74, 6) is 0.174. The van der Waals surface area contributed by atoms with Crippen LogP contribution in [0.4, 0.5) is 0 Å². The Morgan fingerprint density at radius 3 is 2.74 bits per heavy atom. The first kappa shape index (κ1) is 14.0. The molecular formula is C15H20N2OS. The lowest BCUT2D eigenvalue weighted by molar-refractivity contribution is 0.0925. The van der Waals surface area contributed by atoms with Crippen molar-refractivity contribution in [3.63, 3.8) is 0 Å². The first-order valence-electron chi connectivity index (χ1n) is 6.42. The number of hydrogen-bond acceptors (Lipinski definition) is 3. The van der Waals surface area contributed by atoms with Crippen molar-refractivity contribution >= 4 is 17.1 Å². The minimum absolute atomic E-state index is 0.174. The lowest BCUT2D eigenvalue weighted by atomic mass is 10.1. The van der Waals surface area contributed by atoms with Crippen LogP contribution in [0.5, 0.6) is 0 Å². The van der Waals surface area contributed by atoms with E-state index in [1.807, 2.05) is 33.0 Å². The van der Waals surface area contributed by atoms with Gasteiger partial charge < -0.3 is 4.98 Å². The molecule has 0 bridgehead atoms. The molecule has 0 aliphatic rings. The fraction of sp³-hybridized carbons (Fsp3) is 0.400. The van der Waals surface area contributed by atoms with Crippen molar-refractivity contribution in [3.8, 4) is 0 Å². The maximum absolute atomic E-state index is 12.3. The number of rotatable bonds is 5. The number of likely N-dealkylation sites (N-methyl/N-ethyl adjacent to an activating group) is 1. The zero-order chi connectivity index (χ0) is 14.0. The van der Waals surface area contributed by atoms with Crippen molar-refractivity contribution in [2.45, 2.75) is 26.8 Å². The highest BCUT2D eigenvalue weighted by Crippen LogP contribution is 2.23. The van der Waals surface area contributed by atoms with E-state index in [0.29, 0.717) is 6.54 Å². The summed E-state index contributed by atoms with van der Waals surface area (Å²) in [6, 6.07) is 6.36. The minimum Gasteiger partial charge on any atom is -0.362 e. The van der Waals surface area contributed by atoms with E-state index in [9.17, 15) is 4.79 Å². The fourth-order valence-electron chi connectivity index (χ4n) is 2.21. The second-order valence-electron chi connectivity index (χ2n) is 5.02. The average molecular weight is 276 g/mol. The molecule has 0 aromatic carbocycles. The number of H-pyrrole nitrogens is 1. The molecule has 0 aliphatic carbocycles. The molecule has 0 amide bonds. The lowest BCUT2D eigenvalue weighted by Gasteiger charge is -2.22. The molecule has 0 saturated heterocycles. The van der Waals surface area contributed by atoms with Gasteiger partial charge in [-0.25, -0.2) is 0 Å². The summed E-state index contributed by atoms with van der Waals surface area (Å²) in [5.41, 5.74) is 2.80. The van der Waals surface area contributed by atoms with Gasteiger partial charge in [-0.05, 0) is 45.3 Å². The van der Waals surface area contributed by atoms with E-state index in [1.54, 1.807) is 11.3 Å². The van der Waals surface area contributed by atoms with Gasteiger partial charge in [-0.3, -0.25) is 9.69 Å². The van der Waals surface area contributed by atoms with Gasteiger partial charge in [0.15, 0.2) is 5.78 Å². The molecule has 3 nitrogen and oxygen atoms in total. The normalized spacial score (nSPS) is 12.9. The van der Waals surface area contributed by atoms with Crippen molar-refractivity contribution in [2.24, 2.45) is 0 Å². The van der Waals surface area contributed by atoms with Crippen molar-refractivity contribution in [3.05, 3.63) is 45.4 Å². The minimum atomic E-state index is 0.174. The number of thiophene rings is 1. The summed E-state index contributed by atoms with van der Waals surface area (Å²) in [4.78, 5) is 18.9. The van der Waals surface area contributed by atoms with Crippen molar-refractivity contribution in [2.75, 3.05) is 13.6 Å². The Bertz CT molecular complexity index is 557. The summed E-state index contributed by atoms with van der Waals surface area (Å²) in [6.45, 7) is 6.50. The van der Waals surface area contributed by atoms with Gasteiger partial charge in [0.05, 0.1) is 6.54 Å². The Balaban J connectivity index is 2.05. The van der Waals surface area contributed by atoms with Gasteiger partial charge in [0.1, 0.15) is 0 Å². The average Bonchev–Trinajstić information content (AvgIpc) is 2.97. The van der Waals surface area contributed by atoms with Gasteiger partial charge in [-0.2, -0.15) is 0 Å². The number of aryl methyl sites for hydroxylation is 2. The van der Waals surface area contributed by atoms with Crippen molar-refractivity contribution < 1.29 is 4.79 Å². The zero-order valence-electron chi connectivity index (χ0n) is 11.9. The van der Waals surface area contributed by atoms with Crippen LogP contribution < -0.4 is 0 Å². The highest BCUT2D eigenvalue weighted by atomic mass is 32.1. The van der Waals surface area contributed by atoms with E-state index in [1.165, 1.54) is 4.88 Å². The third-order valence-electron chi connectivity index (χ3n) is 3.46. The number of ketones is 1. The van der Waals surface area contributed by atoms with Gasteiger partial charge in [-0.15, -0.1) is 11.3 Å². The molecular weight excluding hydrogens is 256 g/mol. The molecule has 2 heterocycles. The highest BCUT2D eigenvalue weighted by Gasteiger charge is 2.18. The van der Waals surface area contributed by atoms with Crippen LogP contribution in [-0.2, 0) is 0 Å². The highest BCUT2D eigenvalue weighted by molar-refractivity contribution is 7.10. The molecule has 2 aromatic heterocycles. The fourth-order valence-corrected chi connectivity index (χ4v) is 3.06. The third-order valence-corrected chi connectivity index (χ3v) is 4.50. The summed E-state index contributed by atoms with van der Waals surface area (Å²) < 4.78 is 0. The number of Topliss-reactive ketones (excluding diaryl/α,β-unsaturated/α-hetero) is 1. The second kappa shape index (κ2) is 5.72. The van der Waals surface area contributed by atoms with Gasteiger partial charge in [0.25, 0.3) is 0 Å². The summed E-state index contributed by atoms with van der Waals surface area (Å²) in [6.07, 6.45) is 0. The van der Waals surface area contributed by atoms with Crippen LogP contribution >= 0.6 is 11.3 Å². The quantitative estimate of drug-likeness (QED) is 0.848. The van der Waals surface area contributed by atoms with Crippen LogP contribution in [-0.4, -0.2) is 29.3 Å². The molecule has 2 aromatic rings. The molecule has 2 rings (SSSR count). The smallest absolute Gasteiger partial charge is 0.178 e. The topological polar surface area (TPSA) is 36.1 Å². The van der Waals surface area contributed by atoms with Crippen molar-refractivity contribution in [1.82, 2.24) is 9.88 Å². The van der Waals surface area contributed by atoms with Crippen LogP contribution in [0.25, 0.3) is 0 Å². The van der Waals surface area contributed by atoms with E-state index in [4.69, 9.17) is 0 Å². The molecule has 102 valence electrons. The van der Waals surface area contributed by atoms with Gasteiger partial charge >= 0.3 is 0 Å². The van der Waals surface area contributed by atoms with Crippen LogP contribution in [0, 0.1) is 13.8 Å². The predicted molar refractivity (Wildman–Crippen MR) is 80.0 cm³/mol. The summed E-state index contributed by atoms with van der Waals surface area (Å²) in [5, 5.41) is 2.07.